The third-order valence-corrected chi connectivity index (χ3v) is 3.36. The van der Waals surface area contributed by atoms with Gasteiger partial charge < -0.3 is 18.7 Å². The number of benzene rings is 1. The topological polar surface area (TPSA) is 66.6 Å². The maximum Gasteiger partial charge on any atom is 0.261 e. The van der Waals surface area contributed by atoms with Gasteiger partial charge in [0.2, 0.25) is 6.79 Å². The third-order valence-electron chi connectivity index (χ3n) is 3.36. The molecular weight excluding hydrogens is 248 g/mol. The number of ether oxygens (including phenoxy) is 3. The van der Waals surface area contributed by atoms with Gasteiger partial charge in [0.1, 0.15) is 0 Å². The van der Waals surface area contributed by atoms with Crippen LogP contribution < -0.4 is 9.47 Å². The molecule has 0 spiro atoms. The van der Waals surface area contributed by atoms with Crippen LogP contribution in [0, 0.1) is 0 Å². The molecule has 1 aromatic carbocycles. The lowest BCUT2D eigenvalue weighted by atomic mass is 10.1. The van der Waals surface area contributed by atoms with Crippen molar-refractivity contribution in [1.29, 1.82) is 0 Å². The van der Waals surface area contributed by atoms with Crippen LogP contribution in [0.1, 0.15) is 18.2 Å². The molecule has 0 bridgehead atoms. The first-order valence-electron chi connectivity index (χ1n) is 6.22. The Bertz CT molecular complexity index is 604. The second kappa shape index (κ2) is 4.24. The van der Waals surface area contributed by atoms with E-state index < -0.39 is 0 Å². The van der Waals surface area contributed by atoms with Gasteiger partial charge in [-0.15, -0.1) is 0 Å². The second-order valence-corrected chi connectivity index (χ2v) is 4.56. The van der Waals surface area contributed by atoms with Crippen LogP contribution in [0.25, 0.3) is 11.5 Å². The van der Waals surface area contributed by atoms with Gasteiger partial charge in [-0.25, -0.2) is 0 Å². The first kappa shape index (κ1) is 10.8. The standard InChI is InChI=1S/C13H12N2O4/c1-2-9(11-10(3-1)17-7-18-11)13-14-12(15-19-13)8-4-5-16-6-8/h1-3,8H,4-7H2. The summed E-state index contributed by atoms with van der Waals surface area (Å²) in [5, 5.41) is 4.04. The molecule has 19 heavy (non-hydrogen) atoms. The molecule has 0 N–H and O–H groups in total. The van der Waals surface area contributed by atoms with Crippen molar-refractivity contribution in [2.75, 3.05) is 20.0 Å². The monoisotopic (exact) mass is 260 g/mol. The molecule has 1 fully saturated rings. The van der Waals surface area contributed by atoms with Crippen molar-refractivity contribution in [3.63, 3.8) is 0 Å². The van der Waals surface area contributed by atoms with Crippen LogP contribution >= 0.6 is 0 Å². The Labute approximate surface area is 109 Å². The zero-order valence-corrected chi connectivity index (χ0v) is 10.2. The van der Waals surface area contributed by atoms with Crippen LogP contribution in [0.2, 0.25) is 0 Å². The van der Waals surface area contributed by atoms with Gasteiger partial charge >= 0.3 is 0 Å². The molecular formula is C13H12N2O4. The van der Waals surface area contributed by atoms with Gasteiger partial charge in [0.15, 0.2) is 17.3 Å². The van der Waals surface area contributed by atoms with Crippen LogP contribution in [-0.2, 0) is 4.74 Å². The fourth-order valence-electron chi connectivity index (χ4n) is 2.35. The molecule has 0 saturated carbocycles. The maximum absolute atomic E-state index is 5.44. The van der Waals surface area contributed by atoms with Gasteiger partial charge in [0, 0.05) is 12.5 Å². The van der Waals surface area contributed by atoms with Gasteiger partial charge in [-0.2, -0.15) is 4.98 Å². The third kappa shape index (κ3) is 1.76. The van der Waals surface area contributed by atoms with E-state index >= 15 is 0 Å². The molecule has 0 radical (unpaired) electrons. The summed E-state index contributed by atoms with van der Waals surface area (Å²) in [5.41, 5.74) is 0.771. The normalized spacial score (nSPS) is 20.9. The van der Waals surface area contributed by atoms with Crippen LogP contribution in [-0.4, -0.2) is 30.1 Å². The van der Waals surface area contributed by atoms with Crippen LogP contribution in [0.15, 0.2) is 22.7 Å². The summed E-state index contributed by atoms with van der Waals surface area (Å²) in [4.78, 5) is 4.45. The molecule has 98 valence electrons. The van der Waals surface area contributed by atoms with E-state index in [0.717, 1.165) is 18.6 Å². The molecule has 2 aromatic rings. The van der Waals surface area contributed by atoms with Crippen LogP contribution in [0.3, 0.4) is 0 Å². The molecule has 2 aliphatic rings. The van der Waals surface area contributed by atoms with E-state index in [1.807, 2.05) is 18.2 Å². The molecule has 2 aliphatic heterocycles. The Morgan fingerprint density at radius 2 is 2.21 bits per heavy atom. The smallest absolute Gasteiger partial charge is 0.261 e. The summed E-state index contributed by atoms with van der Waals surface area (Å²) in [5.74, 6) is 2.77. The van der Waals surface area contributed by atoms with Gasteiger partial charge in [0.25, 0.3) is 5.89 Å². The molecule has 1 aromatic heterocycles. The fraction of sp³-hybridized carbons (Fsp3) is 0.385. The Morgan fingerprint density at radius 1 is 1.21 bits per heavy atom. The summed E-state index contributed by atoms with van der Waals surface area (Å²) in [6.45, 7) is 1.64. The highest BCUT2D eigenvalue weighted by molar-refractivity contribution is 5.68. The molecule has 4 rings (SSSR count). The van der Waals surface area contributed by atoms with E-state index in [0.29, 0.717) is 29.8 Å². The highest BCUT2D eigenvalue weighted by Crippen LogP contribution is 2.40. The van der Waals surface area contributed by atoms with E-state index in [1.54, 1.807) is 0 Å². The molecule has 6 heteroatoms. The molecule has 3 heterocycles. The Balaban J connectivity index is 1.71. The predicted octanol–water partition coefficient (Wildman–Crippen LogP) is 1.97. The molecule has 6 nitrogen and oxygen atoms in total. The van der Waals surface area contributed by atoms with Crippen molar-refractivity contribution in [2.24, 2.45) is 0 Å². The second-order valence-electron chi connectivity index (χ2n) is 4.56. The van der Waals surface area contributed by atoms with Gasteiger partial charge in [-0.3, -0.25) is 0 Å². The van der Waals surface area contributed by atoms with E-state index in [-0.39, 0.29) is 12.7 Å². The average Bonchev–Trinajstić information content (AvgIpc) is 3.18. The van der Waals surface area contributed by atoms with Crippen molar-refractivity contribution in [3.05, 3.63) is 24.0 Å². The van der Waals surface area contributed by atoms with Gasteiger partial charge in [0.05, 0.1) is 12.2 Å². The number of fused-ring (bicyclic) bond motifs is 1. The minimum Gasteiger partial charge on any atom is -0.454 e. The van der Waals surface area contributed by atoms with Crippen LogP contribution in [0.5, 0.6) is 11.5 Å². The number of aromatic nitrogens is 2. The van der Waals surface area contributed by atoms with Crippen molar-refractivity contribution in [2.45, 2.75) is 12.3 Å². The van der Waals surface area contributed by atoms with Crippen molar-refractivity contribution < 1.29 is 18.7 Å². The first-order chi connectivity index (χ1) is 9.42. The van der Waals surface area contributed by atoms with E-state index in [1.165, 1.54) is 0 Å². The summed E-state index contributed by atoms with van der Waals surface area (Å²) >= 11 is 0. The summed E-state index contributed by atoms with van der Waals surface area (Å²) in [6.07, 6.45) is 0.936. The first-order valence-corrected chi connectivity index (χ1v) is 6.22. The quantitative estimate of drug-likeness (QED) is 0.822. The van der Waals surface area contributed by atoms with Crippen molar-refractivity contribution >= 4 is 0 Å². The van der Waals surface area contributed by atoms with Crippen LogP contribution in [0.4, 0.5) is 0 Å². The zero-order valence-electron chi connectivity index (χ0n) is 10.2. The molecule has 1 saturated heterocycles. The predicted molar refractivity (Wildman–Crippen MR) is 64.0 cm³/mol. The minimum atomic E-state index is 0.226. The Morgan fingerprint density at radius 3 is 3.11 bits per heavy atom. The van der Waals surface area contributed by atoms with E-state index in [4.69, 9.17) is 18.7 Å². The highest BCUT2D eigenvalue weighted by atomic mass is 16.7. The zero-order chi connectivity index (χ0) is 12.7. The molecule has 0 aliphatic carbocycles. The maximum atomic E-state index is 5.44. The Kier molecular flexibility index (Phi) is 2.41. The lowest BCUT2D eigenvalue weighted by molar-refractivity contribution is 0.174. The minimum absolute atomic E-state index is 0.226. The van der Waals surface area contributed by atoms with E-state index in [9.17, 15) is 0 Å². The largest absolute Gasteiger partial charge is 0.454 e. The molecule has 1 atom stereocenters. The lowest BCUT2D eigenvalue weighted by Crippen LogP contribution is -1.99. The SMILES string of the molecule is c1cc2c(c(-c3nc(C4CCOC4)no3)c1)OCO2. The summed E-state index contributed by atoms with van der Waals surface area (Å²) < 4.78 is 21.4. The number of nitrogens with zero attached hydrogens (tertiary/aromatic N) is 2. The molecule has 0 amide bonds. The summed E-state index contributed by atoms with van der Waals surface area (Å²) in [6, 6.07) is 5.62. The van der Waals surface area contributed by atoms with Crippen molar-refractivity contribution in [3.8, 4) is 23.0 Å². The number of hydrogen-bond donors (Lipinski definition) is 0. The number of hydrogen-bond acceptors (Lipinski definition) is 6. The number of rotatable bonds is 2. The van der Waals surface area contributed by atoms with Crippen molar-refractivity contribution in [1.82, 2.24) is 10.1 Å². The highest BCUT2D eigenvalue weighted by Gasteiger charge is 2.26. The van der Waals surface area contributed by atoms with Gasteiger partial charge in [-0.1, -0.05) is 11.2 Å². The lowest BCUT2D eigenvalue weighted by Gasteiger charge is -2.00. The van der Waals surface area contributed by atoms with E-state index in [2.05, 4.69) is 10.1 Å². The Hall–Kier alpha value is -2.08. The summed E-state index contributed by atoms with van der Waals surface area (Å²) in [7, 11) is 0. The average molecular weight is 260 g/mol. The number of para-hydroxylation sites is 1. The fourth-order valence-corrected chi connectivity index (χ4v) is 2.35. The van der Waals surface area contributed by atoms with Gasteiger partial charge in [-0.05, 0) is 18.6 Å². The molecule has 1 unspecified atom stereocenters.